The van der Waals surface area contributed by atoms with Crippen molar-refractivity contribution in [2.24, 2.45) is 0 Å². The molecule has 0 spiro atoms. The largest absolute Gasteiger partial charge is 0.496 e. The molecule has 6 heteroatoms. The van der Waals surface area contributed by atoms with Gasteiger partial charge in [0.2, 0.25) is 0 Å². The number of ether oxygens (including phenoxy) is 2. The van der Waals surface area contributed by atoms with Crippen molar-refractivity contribution in [2.75, 3.05) is 20.3 Å². The number of rotatable bonds is 10. The van der Waals surface area contributed by atoms with E-state index < -0.39 is 0 Å². The van der Waals surface area contributed by atoms with E-state index in [0.29, 0.717) is 43.0 Å². The molecule has 2 amide bonds. The van der Waals surface area contributed by atoms with Gasteiger partial charge < -0.3 is 20.1 Å². The highest BCUT2D eigenvalue weighted by atomic mass is 16.5. The molecule has 0 aliphatic heterocycles. The summed E-state index contributed by atoms with van der Waals surface area (Å²) in [6.45, 7) is 3.36. The van der Waals surface area contributed by atoms with Gasteiger partial charge in [-0.3, -0.25) is 9.59 Å². The Morgan fingerprint density at radius 1 is 0.844 bits per heavy atom. The van der Waals surface area contributed by atoms with Crippen LogP contribution in [0.4, 0.5) is 0 Å². The van der Waals surface area contributed by atoms with Crippen molar-refractivity contribution in [3.05, 3.63) is 95.1 Å². The predicted molar refractivity (Wildman–Crippen MR) is 124 cm³/mol. The molecule has 3 rings (SSSR count). The quantitative estimate of drug-likeness (QED) is 0.508. The summed E-state index contributed by atoms with van der Waals surface area (Å²) in [4.78, 5) is 25.4. The second kappa shape index (κ2) is 11.6. The zero-order valence-electron chi connectivity index (χ0n) is 18.4. The lowest BCUT2D eigenvalue weighted by atomic mass is 10.1. The molecule has 32 heavy (non-hydrogen) atoms. The van der Waals surface area contributed by atoms with E-state index >= 15 is 0 Å². The summed E-state index contributed by atoms with van der Waals surface area (Å²) in [5, 5.41) is 5.79. The minimum atomic E-state index is -0.300. The van der Waals surface area contributed by atoms with Crippen LogP contribution in [0.15, 0.2) is 72.8 Å². The molecule has 0 atom stereocenters. The van der Waals surface area contributed by atoms with E-state index in [1.807, 2.05) is 61.5 Å². The molecular formula is C26H28N2O4. The van der Waals surface area contributed by atoms with Crippen molar-refractivity contribution in [1.29, 1.82) is 0 Å². The van der Waals surface area contributed by atoms with Gasteiger partial charge in [0.15, 0.2) is 0 Å². The first-order valence-electron chi connectivity index (χ1n) is 10.6. The zero-order valence-corrected chi connectivity index (χ0v) is 18.4. The number of amides is 2. The third-order valence-electron chi connectivity index (χ3n) is 4.95. The molecule has 2 N–H and O–H groups in total. The fourth-order valence-electron chi connectivity index (χ4n) is 3.32. The number of carbonyl (C=O) groups excluding carboxylic acids is 2. The van der Waals surface area contributed by atoms with E-state index in [0.717, 1.165) is 16.9 Å². The molecule has 0 saturated heterocycles. The van der Waals surface area contributed by atoms with Crippen LogP contribution in [-0.4, -0.2) is 32.1 Å². The molecule has 0 radical (unpaired) electrons. The Morgan fingerprint density at radius 2 is 1.59 bits per heavy atom. The van der Waals surface area contributed by atoms with Gasteiger partial charge in [0.25, 0.3) is 11.8 Å². The van der Waals surface area contributed by atoms with E-state index in [4.69, 9.17) is 9.47 Å². The number of carbonyl (C=O) groups is 2. The number of hydrogen-bond donors (Lipinski definition) is 2. The number of benzene rings is 3. The first kappa shape index (κ1) is 22.9. The highest BCUT2D eigenvalue weighted by Crippen LogP contribution is 2.21. The molecule has 0 fully saturated rings. The molecule has 0 aliphatic carbocycles. The Kier molecular flexibility index (Phi) is 8.26. The second-order valence-electron chi connectivity index (χ2n) is 7.13. The molecule has 0 aliphatic rings. The van der Waals surface area contributed by atoms with Crippen molar-refractivity contribution in [3.8, 4) is 11.5 Å². The molecule has 0 aromatic heterocycles. The van der Waals surface area contributed by atoms with Crippen molar-refractivity contribution in [1.82, 2.24) is 10.6 Å². The van der Waals surface area contributed by atoms with Crippen LogP contribution < -0.4 is 20.1 Å². The van der Waals surface area contributed by atoms with E-state index in [9.17, 15) is 9.59 Å². The topological polar surface area (TPSA) is 76.7 Å². The summed E-state index contributed by atoms with van der Waals surface area (Å²) in [7, 11) is 1.50. The van der Waals surface area contributed by atoms with E-state index in [1.165, 1.54) is 7.11 Å². The normalized spacial score (nSPS) is 10.3. The van der Waals surface area contributed by atoms with E-state index in [1.54, 1.807) is 18.2 Å². The van der Waals surface area contributed by atoms with Gasteiger partial charge in [0, 0.05) is 18.7 Å². The summed E-state index contributed by atoms with van der Waals surface area (Å²) in [6, 6.07) is 22.2. The van der Waals surface area contributed by atoms with E-state index in [-0.39, 0.29) is 11.8 Å². The number of hydrogen-bond acceptors (Lipinski definition) is 4. The van der Waals surface area contributed by atoms with Gasteiger partial charge >= 0.3 is 0 Å². The highest BCUT2D eigenvalue weighted by molar-refractivity contribution is 6.01. The second-order valence-corrected chi connectivity index (χ2v) is 7.13. The first-order valence-corrected chi connectivity index (χ1v) is 10.6. The summed E-state index contributed by atoms with van der Waals surface area (Å²) in [5.74, 6) is 0.688. The first-order chi connectivity index (χ1) is 15.6. The minimum absolute atomic E-state index is 0.251. The van der Waals surface area contributed by atoms with E-state index in [2.05, 4.69) is 10.6 Å². The van der Waals surface area contributed by atoms with Gasteiger partial charge in [-0.15, -0.1) is 0 Å². The van der Waals surface area contributed by atoms with Gasteiger partial charge in [0.05, 0.1) is 19.3 Å². The van der Waals surface area contributed by atoms with Crippen LogP contribution in [0.5, 0.6) is 11.5 Å². The summed E-state index contributed by atoms with van der Waals surface area (Å²) < 4.78 is 11.0. The molecule has 6 nitrogen and oxygen atoms in total. The van der Waals surface area contributed by atoms with Crippen LogP contribution in [0.1, 0.15) is 38.8 Å². The Bertz CT molecular complexity index is 1050. The maximum atomic E-state index is 12.7. The number of para-hydroxylation sites is 1. The van der Waals surface area contributed by atoms with Gasteiger partial charge in [0.1, 0.15) is 11.5 Å². The van der Waals surface area contributed by atoms with Crippen LogP contribution in [0.2, 0.25) is 0 Å². The summed E-state index contributed by atoms with van der Waals surface area (Å²) >= 11 is 0. The maximum absolute atomic E-state index is 12.7. The smallest absolute Gasteiger partial charge is 0.255 e. The lowest BCUT2D eigenvalue weighted by Gasteiger charge is -2.13. The Labute approximate surface area is 188 Å². The lowest BCUT2D eigenvalue weighted by molar-refractivity contribution is 0.0948. The lowest BCUT2D eigenvalue weighted by Crippen LogP contribution is -2.27. The molecule has 3 aromatic rings. The maximum Gasteiger partial charge on any atom is 0.255 e. The number of methoxy groups -OCH3 is 1. The summed E-state index contributed by atoms with van der Waals surface area (Å²) in [6.07, 6.45) is 0.641. The van der Waals surface area contributed by atoms with Crippen LogP contribution in [-0.2, 0) is 13.0 Å². The molecule has 166 valence electrons. The SMILES string of the molecule is CCOc1ccccc1CCNC(=O)c1ccc(OC)c(C(=O)NCc2ccccc2)c1. The average Bonchev–Trinajstić information content (AvgIpc) is 2.84. The van der Waals surface area contributed by atoms with Gasteiger partial charge in [-0.1, -0.05) is 48.5 Å². The molecule has 3 aromatic carbocycles. The highest BCUT2D eigenvalue weighted by Gasteiger charge is 2.16. The molecule has 0 saturated carbocycles. The molecule has 0 unspecified atom stereocenters. The van der Waals surface area contributed by atoms with Crippen LogP contribution in [0.25, 0.3) is 0 Å². The summed E-state index contributed by atoms with van der Waals surface area (Å²) in [5.41, 5.74) is 2.73. The van der Waals surface area contributed by atoms with Crippen molar-refractivity contribution < 1.29 is 19.1 Å². The van der Waals surface area contributed by atoms with Crippen LogP contribution in [0, 0.1) is 0 Å². The van der Waals surface area contributed by atoms with Crippen molar-refractivity contribution in [3.63, 3.8) is 0 Å². The van der Waals surface area contributed by atoms with Gasteiger partial charge in [-0.25, -0.2) is 0 Å². The molecule has 0 bridgehead atoms. The Balaban J connectivity index is 1.63. The third-order valence-corrected chi connectivity index (χ3v) is 4.95. The Morgan fingerprint density at radius 3 is 2.34 bits per heavy atom. The monoisotopic (exact) mass is 432 g/mol. The van der Waals surface area contributed by atoms with Gasteiger partial charge in [-0.2, -0.15) is 0 Å². The van der Waals surface area contributed by atoms with Crippen molar-refractivity contribution in [2.45, 2.75) is 19.9 Å². The molecular weight excluding hydrogens is 404 g/mol. The van der Waals surface area contributed by atoms with Crippen molar-refractivity contribution >= 4 is 11.8 Å². The minimum Gasteiger partial charge on any atom is -0.496 e. The Hall–Kier alpha value is -3.80. The van der Waals surface area contributed by atoms with Gasteiger partial charge in [-0.05, 0) is 48.7 Å². The predicted octanol–water partition coefficient (Wildman–Crippen LogP) is 4.00. The van der Waals surface area contributed by atoms with Crippen LogP contribution >= 0.6 is 0 Å². The fraction of sp³-hybridized carbons (Fsp3) is 0.231. The molecule has 0 heterocycles. The third kappa shape index (κ3) is 6.11. The standard InChI is InChI=1S/C26H28N2O4/c1-3-32-23-12-8-7-11-20(23)15-16-27-25(29)21-13-14-24(31-2)22(17-21)26(30)28-18-19-9-5-4-6-10-19/h4-14,17H,3,15-16,18H2,1-2H3,(H,27,29)(H,28,30). The fourth-order valence-corrected chi connectivity index (χ4v) is 3.32. The zero-order chi connectivity index (χ0) is 22.8. The average molecular weight is 433 g/mol. The number of nitrogens with one attached hydrogen (secondary N) is 2. The van der Waals surface area contributed by atoms with Crippen LogP contribution in [0.3, 0.4) is 0 Å².